The first-order chi connectivity index (χ1) is 7.49. The third kappa shape index (κ3) is 4.02. The Hall–Kier alpha value is -1.36. The summed E-state index contributed by atoms with van der Waals surface area (Å²) >= 11 is 1.36. The Bertz CT molecular complexity index is 384. The maximum Gasteiger partial charge on any atom is 0.348 e. The number of carbonyl (C=O) groups is 2. The number of nitrogens with one attached hydrogen (secondary N) is 1. The van der Waals surface area contributed by atoms with Crippen molar-refractivity contribution in [3.63, 3.8) is 0 Å². The van der Waals surface area contributed by atoms with Crippen LogP contribution in [0, 0.1) is 6.92 Å². The van der Waals surface area contributed by atoms with E-state index in [9.17, 15) is 9.59 Å². The summed E-state index contributed by atoms with van der Waals surface area (Å²) in [7, 11) is 0. The van der Waals surface area contributed by atoms with Crippen LogP contribution in [0.1, 0.15) is 28.4 Å². The van der Waals surface area contributed by atoms with Crippen LogP contribution in [0.15, 0.2) is 12.1 Å². The van der Waals surface area contributed by atoms with Gasteiger partial charge in [-0.1, -0.05) is 0 Å². The summed E-state index contributed by atoms with van der Waals surface area (Å²) in [4.78, 5) is 24.2. The molecule has 0 fully saturated rings. The lowest BCUT2D eigenvalue weighted by Crippen LogP contribution is -2.33. The van der Waals surface area contributed by atoms with E-state index >= 15 is 0 Å². The summed E-state index contributed by atoms with van der Waals surface area (Å²) < 4.78 is 4.86. The van der Waals surface area contributed by atoms with E-state index in [2.05, 4.69) is 5.32 Å². The molecule has 1 aromatic heterocycles. The highest BCUT2D eigenvalue weighted by atomic mass is 32.1. The topological polar surface area (TPSA) is 55.4 Å². The number of rotatable bonds is 4. The summed E-state index contributed by atoms with van der Waals surface area (Å²) in [6, 6.07) is 3.59. The number of hydrogen-bond donors (Lipinski definition) is 1. The fraction of sp³-hybridized carbons (Fsp3) is 0.455. The highest BCUT2D eigenvalue weighted by Crippen LogP contribution is 2.15. The smallest absolute Gasteiger partial charge is 0.348 e. The van der Waals surface area contributed by atoms with Crippen molar-refractivity contribution in [2.75, 3.05) is 6.61 Å². The Morgan fingerprint density at radius 1 is 1.44 bits per heavy atom. The van der Waals surface area contributed by atoms with Gasteiger partial charge in [0.2, 0.25) is 0 Å². The molecule has 1 rings (SSSR count). The number of hydrogen-bond acceptors (Lipinski definition) is 4. The van der Waals surface area contributed by atoms with E-state index in [4.69, 9.17) is 4.74 Å². The number of amides is 1. The zero-order valence-electron chi connectivity index (χ0n) is 9.57. The molecule has 1 amide bonds. The Morgan fingerprint density at radius 3 is 2.62 bits per heavy atom. The van der Waals surface area contributed by atoms with Gasteiger partial charge in [0.15, 0.2) is 6.61 Å². The van der Waals surface area contributed by atoms with Gasteiger partial charge in [-0.2, -0.15) is 0 Å². The van der Waals surface area contributed by atoms with Crippen LogP contribution < -0.4 is 5.32 Å². The molecule has 0 radical (unpaired) electrons. The van der Waals surface area contributed by atoms with E-state index < -0.39 is 5.97 Å². The molecule has 0 unspecified atom stereocenters. The van der Waals surface area contributed by atoms with Gasteiger partial charge in [0, 0.05) is 10.9 Å². The summed E-state index contributed by atoms with van der Waals surface area (Å²) in [5.41, 5.74) is 0. The minimum absolute atomic E-state index is 0.0511. The van der Waals surface area contributed by atoms with E-state index in [0.717, 1.165) is 4.88 Å². The zero-order valence-corrected chi connectivity index (χ0v) is 10.4. The minimum Gasteiger partial charge on any atom is -0.451 e. The first-order valence-electron chi connectivity index (χ1n) is 5.02. The molecule has 0 aliphatic heterocycles. The lowest BCUT2D eigenvalue weighted by molar-refractivity contribution is -0.124. The summed E-state index contributed by atoms with van der Waals surface area (Å²) in [5.74, 6) is -0.728. The largest absolute Gasteiger partial charge is 0.451 e. The Kier molecular flexibility index (Phi) is 4.49. The Labute approximate surface area is 98.6 Å². The van der Waals surface area contributed by atoms with Crippen LogP contribution in [-0.2, 0) is 9.53 Å². The fourth-order valence-corrected chi connectivity index (χ4v) is 1.87. The second-order valence-electron chi connectivity index (χ2n) is 3.71. The Balaban J connectivity index is 2.38. The van der Waals surface area contributed by atoms with Crippen LogP contribution in [-0.4, -0.2) is 24.5 Å². The van der Waals surface area contributed by atoms with Gasteiger partial charge in [-0.3, -0.25) is 4.79 Å². The van der Waals surface area contributed by atoms with Gasteiger partial charge in [-0.15, -0.1) is 11.3 Å². The maximum atomic E-state index is 11.5. The van der Waals surface area contributed by atoms with Crippen LogP contribution in [0.2, 0.25) is 0 Å². The van der Waals surface area contributed by atoms with Crippen LogP contribution in [0.5, 0.6) is 0 Å². The van der Waals surface area contributed by atoms with E-state index in [1.807, 2.05) is 26.8 Å². The molecule has 1 heterocycles. The van der Waals surface area contributed by atoms with Crippen LogP contribution >= 0.6 is 11.3 Å². The van der Waals surface area contributed by atoms with Gasteiger partial charge in [-0.05, 0) is 32.9 Å². The van der Waals surface area contributed by atoms with Gasteiger partial charge in [0.25, 0.3) is 5.91 Å². The summed E-state index contributed by atoms with van der Waals surface area (Å²) in [6.07, 6.45) is 0. The van der Waals surface area contributed by atoms with E-state index in [0.29, 0.717) is 4.88 Å². The molecule has 0 spiro atoms. The Morgan fingerprint density at radius 2 is 2.12 bits per heavy atom. The van der Waals surface area contributed by atoms with E-state index in [1.54, 1.807) is 6.07 Å². The number of thiophene rings is 1. The second-order valence-corrected chi connectivity index (χ2v) is 5.00. The minimum atomic E-state index is -0.447. The highest BCUT2D eigenvalue weighted by Gasteiger charge is 2.12. The molecule has 1 N–H and O–H groups in total. The van der Waals surface area contributed by atoms with Crippen molar-refractivity contribution in [3.8, 4) is 0 Å². The first kappa shape index (κ1) is 12.7. The monoisotopic (exact) mass is 241 g/mol. The molecule has 16 heavy (non-hydrogen) atoms. The lowest BCUT2D eigenvalue weighted by atomic mass is 10.4. The van der Waals surface area contributed by atoms with E-state index in [1.165, 1.54) is 11.3 Å². The van der Waals surface area contributed by atoms with Crippen molar-refractivity contribution in [2.45, 2.75) is 26.8 Å². The average molecular weight is 241 g/mol. The predicted octanol–water partition coefficient (Wildman–Crippen LogP) is 1.74. The molecule has 0 aromatic carbocycles. The summed E-state index contributed by atoms with van der Waals surface area (Å²) in [5, 5.41) is 2.64. The molecule has 0 bridgehead atoms. The van der Waals surface area contributed by atoms with Crippen LogP contribution in [0.3, 0.4) is 0 Å². The third-order valence-corrected chi connectivity index (χ3v) is 2.71. The molecule has 5 heteroatoms. The highest BCUT2D eigenvalue weighted by molar-refractivity contribution is 7.13. The molecule has 0 saturated carbocycles. The van der Waals surface area contributed by atoms with Crippen molar-refractivity contribution in [3.05, 3.63) is 21.9 Å². The second kappa shape index (κ2) is 5.65. The predicted molar refractivity (Wildman–Crippen MR) is 62.6 cm³/mol. The van der Waals surface area contributed by atoms with Gasteiger partial charge in [0.1, 0.15) is 4.88 Å². The van der Waals surface area contributed by atoms with Gasteiger partial charge in [0.05, 0.1) is 0 Å². The summed E-state index contributed by atoms with van der Waals surface area (Å²) in [6.45, 7) is 5.38. The normalized spacial score (nSPS) is 10.2. The molecule has 0 saturated heterocycles. The number of ether oxygens (including phenoxy) is 1. The molecule has 0 aliphatic carbocycles. The molecular formula is C11H15NO3S. The molecule has 4 nitrogen and oxygen atoms in total. The SMILES string of the molecule is Cc1ccc(C(=O)OCC(=O)NC(C)C)s1. The number of esters is 1. The maximum absolute atomic E-state index is 11.5. The fourth-order valence-electron chi connectivity index (χ4n) is 1.11. The molecule has 88 valence electrons. The third-order valence-electron chi connectivity index (χ3n) is 1.73. The van der Waals surface area contributed by atoms with Gasteiger partial charge < -0.3 is 10.1 Å². The average Bonchev–Trinajstić information content (AvgIpc) is 2.60. The molecular weight excluding hydrogens is 226 g/mol. The van der Waals surface area contributed by atoms with Crippen molar-refractivity contribution >= 4 is 23.2 Å². The van der Waals surface area contributed by atoms with Gasteiger partial charge in [-0.25, -0.2) is 4.79 Å². The molecule has 0 aliphatic rings. The standard InChI is InChI=1S/C11H15NO3S/c1-7(2)12-10(13)6-15-11(14)9-5-4-8(3)16-9/h4-5,7H,6H2,1-3H3,(H,12,13). The quantitative estimate of drug-likeness (QED) is 0.817. The van der Waals surface area contributed by atoms with Crippen LogP contribution in [0.4, 0.5) is 0 Å². The van der Waals surface area contributed by atoms with Crippen molar-refractivity contribution in [1.29, 1.82) is 0 Å². The van der Waals surface area contributed by atoms with Crippen LogP contribution in [0.25, 0.3) is 0 Å². The van der Waals surface area contributed by atoms with Gasteiger partial charge >= 0.3 is 5.97 Å². The zero-order chi connectivity index (χ0) is 12.1. The van der Waals surface area contributed by atoms with E-state index in [-0.39, 0.29) is 18.6 Å². The number of aryl methyl sites for hydroxylation is 1. The van der Waals surface area contributed by atoms with Crippen molar-refractivity contribution < 1.29 is 14.3 Å². The molecule has 1 aromatic rings. The number of carbonyl (C=O) groups excluding carboxylic acids is 2. The molecule has 0 atom stereocenters. The van der Waals surface area contributed by atoms with Crippen molar-refractivity contribution in [1.82, 2.24) is 5.32 Å². The first-order valence-corrected chi connectivity index (χ1v) is 5.83. The van der Waals surface area contributed by atoms with Crippen molar-refractivity contribution in [2.24, 2.45) is 0 Å². The lowest BCUT2D eigenvalue weighted by Gasteiger charge is -2.08.